The number of rotatable bonds is 6. The average Bonchev–Trinajstić information content (AvgIpc) is 2.99. The fourth-order valence-electron chi connectivity index (χ4n) is 5.51. The van der Waals surface area contributed by atoms with Crippen LogP contribution >= 0.6 is 0 Å². The van der Waals surface area contributed by atoms with E-state index in [1.54, 1.807) is 54.7 Å². The Morgan fingerprint density at radius 2 is 1.45 bits per heavy atom. The summed E-state index contributed by atoms with van der Waals surface area (Å²) in [7, 11) is -3.98. The molecule has 2 aliphatic heterocycles. The maximum atomic E-state index is 14.3. The van der Waals surface area contributed by atoms with Crippen LogP contribution in [0.1, 0.15) is 28.5 Å². The predicted molar refractivity (Wildman–Crippen MR) is 150 cm³/mol. The Morgan fingerprint density at radius 3 is 2.02 bits per heavy atom. The Hall–Kier alpha value is -4.56. The quantitative estimate of drug-likeness (QED) is 0.202. The molecule has 0 spiro atoms. The van der Waals surface area contributed by atoms with Gasteiger partial charge in [-0.2, -0.15) is 0 Å². The second-order valence-electron chi connectivity index (χ2n) is 10.0. The molecule has 6 rings (SSSR count). The number of ether oxygens (including phenoxy) is 1. The number of sulfone groups is 1. The zero-order chi connectivity index (χ0) is 27.7. The molecule has 4 aromatic rings. The van der Waals surface area contributed by atoms with Crippen molar-refractivity contribution < 1.29 is 22.7 Å². The third-order valence-electron chi connectivity index (χ3n) is 7.42. The Bertz CT molecular complexity index is 1640. The van der Waals surface area contributed by atoms with Gasteiger partial charge >= 0.3 is 5.97 Å². The van der Waals surface area contributed by atoms with Gasteiger partial charge in [-0.05, 0) is 34.9 Å². The van der Waals surface area contributed by atoms with Crippen molar-refractivity contribution in [2.24, 2.45) is 0 Å². The van der Waals surface area contributed by atoms with Gasteiger partial charge in [0.15, 0.2) is 21.3 Å². The van der Waals surface area contributed by atoms with Gasteiger partial charge in [0.25, 0.3) is 5.91 Å². The van der Waals surface area contributed by atoms with Crippen LogP contribution in [0.3, 0.4) is 0 Å². The van der Waals surface area contributed by atoms with Crippen LogP contribution in [0.15, 0.2) is 121 Å². The zero-order valence-corrected chi connectivity index (χ0v) is 22.3. The first-order chi connectivity index (χ1) is 19.4. The summed E-state index contributed by atoms with van der Waals surface area (Å²) < 4.78 is 33.9. The van der Waals surface area contributed by atoms with Crippen LogP contribution in [0, 0.1) is 0 Å². The highest BCUT2D eigenvalue weighted by atomic mass is 32.2. The fraction of sp³-hybridized carbons (Fsp3) is 0.156. The topological polar surface area (TPSA) is 93.6 Å². The van der Waals surface area contributed by atoms with E-state index in [1.165, 1.54) is 11.0 Å². The molecular weight excluding hydrogens is 524 g/mol. The second-order valence-corrected chi connectivity index (χ2v) is 12.1. The lowest BCUT2D eigenvalue weighted by atomic mass is 9.80. The number of aromatic nitrogens is 1. The van der Waals surface area contributed by atoms with Crippen molar-refractivity contribution in [2.75, 3.05) is 12.3 Å². The molecule has 3 aromatic carbocycles. The number of pyridine rings is 1. The van der Waals surface area contributed by atoms with Gasteiger partial charge in [-0.3, -0.25) is 14.6 Å². The summed E-state index contributed by atoms with van der Waals surface area (Å²) in [5.41, 5.74) is 1.03. The van der Waals surface area contributed by atoms with E-state index in [0.29, 0.717) is 11.3 Å². The molecule has 7 nitrogen and oxygen atoms in total. The summed E-state index contributed by atoms with van der Waals surface area (Å²) in [6.45, 7) is -0.117. The summed E-state index contributed by atoms with van der Waals surface area (Å²) in [6, 6.07) is 32.6. The number of hydrogen-bond donors (Lipinski definition) is 0. The van der Waals surface area contributed by atoms with E-state index in [0.717, 1.165) is 11.1 Å². The van der Waals surface area contributed by atoms with E-state index in [9.17, 15) is 18.0 Å². The maximum absolute atomic E-state index is 14.3. The molecule has 0 bridgehead atoms. The number of benzene rings is 3. The van der Waals surface area contributed by atoms with Crippen molar-refractivity contribution in [3.05, 3.63) is 143 Å². The fourth-order valence-corrected chi connectivity index (χ4v) is 7.85. The third-order valence-corrected chi connectivity index (χ3v) is 9.51. The van der Waals surface area contributed by atoms with Gasteiger partial charge < -0.3 is 9.64 Å². The first-order valence-electron chi connectivity index (χ1n) is 12.9. The summed E-state index contributed by atoms with van der Waals surface area (Å²) in [5.74, 6) is -1.63. The predicted octanol–water partition coefficient (Wildman–Crippen LogP) is 4.33. The number of amides is 1. The van der Waals surface area contributed by atoms with Crippen LogP contribution in [-0.2, 0) is 29.6 Å². The van der Waals surface area contributed by atoms with E-state index in [1.807, 2.05) is 60.7 Å². The third kappa shape index (κ3) is 4.50. The largest absolute Gasteiger partial charge is 0.452 e. The molecule has 8 heteroatoms. The lowest BCUT2D eigenvalue weighted by molar-refractivity contribution is -0.156. The number of fused-ring (bicyclic) bond motifs is 1. The van der Waals surface area contributed by atoms with Gasteiger partial charge in [0, 0.05) is 12.7 Å². The normalized spacial score (nSPS) is 22.4. The van der Waals surface area contributed by atoms with Crippen molar-refractivity contribution in [3.8, 4) is 0 Å². The summed E-state index contributed by atoms with van der Waals surface area (Å²) in [6.07, 6.45) is 2.33. The summed E-state index contributed by atoms with van der Waals surface area (Å²) in [5, 5.41) is -1.13. The lowest BCUT2D eigenvalue weighted by Gasteiger charge is -2.51. The molecule has 0 radical (unpaired) electrons. The minimum absolute atomic E-state index is 0.117. The van der Waals surface area contributed by atoms with Crippen LogP contribution in [0.25, 0.3) is 6.08 Å². The van der Waals surface area contributed by atoms with E-state index < -0.39 is 44.4 Å². The van der Waals surface area contributed by atoms with Gasteiger partial charge in [0.05, 0.1) is 17.0 Å². The monoisotopic (exact) mass is 550 g/mol. The van der Waals surface area contributed by atoms with Crippen LogP contribution in [0.5, 0.6) is 0 Å². The number of carbonyl (C=O) groups excluding carboxylic acids is 2. The van der Waals surface area contributed by atoms with Gasteiger partial charge in [-0.1, -0.05) is 97.1 Å². The first kappa shape index (κ1) is 25.7. The van der Waals surface area contributed by atoms with Crippen molar-refractivity contribution in [2.45, 2.75) is 16.9 Å². The number of nitrogens with zero attached hydrogens (tertiary/aromatic N) is 2. The molecule has 0 saturated carbocycles. The molecule has 2 aliphatic rings. The van der Waals surface area contributed by atoms with Crippen molar-refractivity contribution in [1.82, 2.24) is 9.88 Å². The number of esters is 1. The Balaban J connectivity index is 1.40. The Labute approximate surface area is 232 Å². The molecule has 200 valence electrons. The highest BCUT2D eigenvalue weighted by Crippen LogP contribution is 2.44. The minimum Gasteiger partial charge on any atom is -0.452 e. The number of carbonyl (C=O) groups is 2. The molecule has 3 heterocycles. The smallest absolute Gasteiger partial charge is 0.320 e. The van der Waals surface area contributed by atoms with Crippen LogP contribution < -0.4 is 0 Å². The molecule has 0 aliphatic carbocycles. The molecular formula is C32H26N2O5S. The average molecular weight is 551 g/mol. The van der Waals surface area contributed by atoms with E-state index in [2.05, 4.69) is 4.98 Å². The van der Waals surface area contributed by atoms with E-state index in [4.69, 9.17) is 4.74 Å². The lowest BCUT2D eigenvalue weighted by Crippen LogP contribution is -2.70. The van der Waals surface area contributed by atoms with Crippen LogP contribution in [0.4, 0.5) is 0 Å². The van der Waals surface area contributed by atoms with Crippen molar-refractivity contribution in [1.29, 1.82) is 0 Å². The Morgan fingerprint density at radius 1 is 0.875 bits per heavy atom. The standard InChI is InChI=1S/C32H26N2O5S/c35-29-27(20-26-18-10-11-19-33-26)30-34(29)21-32(22-40(30,37)38,25-16-8-3-9-17-25)31(36)39-28(23-12-4-1-5-13-23)24-14-6-2-7-15-24/h1-20,28,30H,21-22H2/t30-,32?/m1/s1. The minimum atomic E-state index is -3.98. The first-order valence-corrected chi connectivity index (χ1v) is 14.6. The van der Waals surface area contributed by atoms with Gasteiger partial charge in [-0.25, -0.2) is 8.42 Å². The molecule has 1 aromatic heterocycles. The summed E-state index contributed by atoms with van der Waals surface area (Å²) in [4.78, 5) is 33.0. The van der Waals surface area contributed by atoms with Gasteiger partial charge in [-0.15, -0.1) is 0 Å². The van der Waals surface area contributed by atoms with Crippen molar-refractivity contribution >= 4 is 27.8 Å². The van der Waals surface area contributed by atoms with Gasteiger partial charge in [0.1, 0.15) is 5.41 Å². The van der Waals surface area contributed by atoms with E-state index >= 15 is 0 Å². The molecule has 1 unspecified atom stereocenters. The Kier molecular flexibility index (Phi) is 6.56. The van der Waals surface area contributed by atoms with Gasteiger partial charge in [0.2, 0.25) is 0 Å². The number of β-lactam (4-membered cyclic amide) rings is 1. The second kappa shape index (κ2) is 10.2. The highest BCUT2D eigenvalue weighted by Gasteiger charge is 2.62. The highest BCUT2D eigenvalue weighted by molar-refractivity contribution is 7.92. The molecule has 40 heavy (non-hydrogen) atoms. The zero-order valence-electron chi connectivity index (χ0n) is 21.5. The van der Waals surface area contributed by atoms with Crippen LogP contribution in [-0.4, -0.2) is 47.8 Å². The molecule has 2 atom stereocenters. The molecule has 2 saturated heterocycles. The number of hydrogen-bond acceptors (Lipinski definition) is 6. The SMILES string of the molecule is O=C1C(=Cc2ccccn2)[C@@H]2N1CC(C(=O)OC(c1ccccc1)c1ccccc1)(c1ccccc1)CS2(=O)=O. The maximum Gasteiger partial charge on any atom is 0.320 e. The van der Waals surface area contributed by atoms with E-state index in [-0.39, 0.29) is 12.1 Å². The molecule has 0 N–H and O–H groups in total. The van der Waals surface area contributed by atoms with Crippen LogP contribution in [0.2, 0.25) is 0 Å². The molecule has 1 amide bonds. The molecule has 2 fully saturated rings. The van der Waals surface area contributed by atoms with Crippen molar-refractivity contribution in [3.63, 3.8) is 0 Å². The summed E-state index contributed by atoms with van der Waals surface area (Å²) >= 11 is 0.